The van der Waals surface area contributed by atoms with Crippen molar-refractivity contribution >= 4 is 5.78 Å². The van der Waals surface area contributed by atoms with Crippen molar-refractivity contribution in [1.82, 2.24) is 0 Å². The molecule has 0 radical (unpaired) electrons. The lowest BCUT2D eigenvalue weighted by Crippen LogP contribution is -2.37. The number of carbonyl (C=O) groups is 1. The van der Waals surface area contributed by atoms with E-state index in [1.54, 1.807) is 0 Å². The molecule has 4 heteroatoms. The van der Waals surface area contributed by atoms with Crippen LogP contribution in [0.25, 0.3) is 0 Å². The fourth-order valence-corrected chi connectivity index (χ4v) is 2.85. The van der Waals surface area contributed by atoms with Crippen LogP contribution in [0.5, 0.6) is 0 Å². The van der Waals surface area contributed by atoms with Gasteiger partial charge in [0.25, 0.3) is 0 Å². The second-order valence-electron chi connectivity index (χ2n) is 5.49. The van der Waals surface area contributed by atoms with Crippen LogP contribution in [0.3, 0.4) is 0 Å². The molecule has 0 aromatic rings. The Kier molecular flexibility index (Phi) is 3.79. The highest BCUT2D eigenvalue weighted by molar-refractivity contribution is 5.81. The minimum Gasteiger partial charge on any atom is -0.299 e. The van der Waals surface area contributed by atoms with Crippen LogP contribution in [-0.2, 0) is 4.79 Å². The molecule has 17 heavy (non-hydrogen) atoms. The highest BCUT2D eigenvalue weighted by atomic mass is 19.4. The zero-order valence-electron chi connectivity index (χ0n) is 9.93. The van der Waals surface area contributed by atoms with Gasteiger partial charge in [0.05, 0.1) is 5.92 Å². The first-order chi connectivity index (χ1) is 7.98. The summed E-state index contributed by atoms with van der Waals surface area (Å²) >= 11 is 0. The molecule has 1 nitrogen and oxygen atoms in total. The number of Topliss-reactive ketones (excluding diaryl/α,β-unsaturated/α-hetero) is 1. The molecule has 2 aliphatic rings. The molecule has 0 saturated heterocycles. The quantitative estimate of drug-likeness (QED) is 0.731. The van der Waals surface area contributed by atoms with Gasteiger partial charge in [-0.25, -0.2) is 0 Å². The van der Waals surface area contributed by atoms with E-state index in [1.165, 1.54) is 0 Å². The number of halogens is 3. The molecule has 98 valence electrons. The van der Waals surface area contributed by atoms with E-state index in [9.17, 15) is 18.0 Å². The zero-order valence-corrected chi connectivity index (χ0v) is 9.93. The molecule has 2 atom stereocenters. The van der Waals surface area contributed by atoms with E-state index in [1.807, 2.05) is 0 Å². The molecular weight excluding hydrogens is 229 g/mol. The van der Waals surface area contributed by atoms with E-state index in [0.29, 0.717) is 25.2 Å². The van der Waals surface area contributed by atoms with Crippen molar-refractivity contribution in [3.05, 3.63) is 0 Å². The Morgan fingerprint density at radius 3 is 2.29 bits per heavy atom. The Hall–Kier alpha value is -0.540. The van der Waals surface area contributed by atoms with Crippen molar-refractivity contribution in [2.24, 2.45) is 17.8 Å². The summed E-state index contributed by atoms with van der Waals surface area (Å²) in [6, 6.07) is 0. The summed E-state index contributed by atoms with van der Waals surface area (Å²) in [4.78, 5) is 11.9. The normalized spacial score (nSPS) is 30.3. The summed E-state index contributed by atoms with van der Waals surface area (Å²) in [7, 11) is 0. The molecule has 2 rings (SSSR count). The topological polar surface area (TPSA) is 17.1 Å². The molecule has 0 aliphatic heterocycles. The minimum atomic E-state index is -4.19. The van der Waals surface area contributed by atoms with Crippen LogP contribution in [0, 0.1) is 17.8 Å². The van der Waals surface area contributed by atoms with Crippen LogP contribution in [0.2, 0.25) is 0 Å². The third-order valence-corrected chi connectivity index (χ3v) is 4.10. The molecule has 0 spiro atoms. The van der Waals surface area contributed by atoms with Gasteiger partial charge in [0.15, 0.2) is 0 Å². The van der Waals surface area contributed by atoms with Crippen molar-refractivity contribution in [2.75, 3.05) is 0 Å². The number of rotatable bonds is 4. The molecule has 0 aromatic carbocycles. The van der Waals surface area contributed by atoms with Crippen molar-refractivity contribution in [2.45, 2.75) is 57.5 Å². The second-order valence-corrected chi connectivity index (χ2v) is 5.49. The molecule has 2 saturated carbocycles. The van der Waals surface area contributed by atoms with Gasteiger partial charge in [-0.05, 0) is 25.2 Å². The van der Waals surface area contributed by atoms with Crippen molar-refractivity contribution in [3.8, 4) is 0 Å². The second kappa shape index (κ2) is 4.99. The molecule has 0 aromatic heterocycles. The van der Waals surface area contributed by atoms with Crippen molar-refractivity contribution in [3.63, 3.8) is 0 Å². The standard InChI is InChI=1S/C13H19F3O/c14-13(15,16)11-4-2-1-3-10(11)12(17)8-7-9-5-6-9/h9-11H,1-8H2. The first-order valence-electron chi connectivity index (χ1n) is 6.58. The van der Waals surface area contributed by atoms with E-state index >= 15 is 0 Å². The molecule has 0 amide bonds. The summed E-state index contributed by atoms with van der Waals surface area (Å²) < 4.78 is 38.4. The largest absolute Gasteiger partial charge is 0.392 e. The lowest BCUT2D eigenvalue weighted by Gasteiger charge is -2.32. The third kappa shape index (κ3) is 3.46. The summed E-state index contributed by atoms with van der Waals surface area (Å²) in [5.74, 6) is -1.64. The zero-order chi connectivity index (χ0) is 12.5. The van der Waals surface area contributed by atoms with E-state index in [0.717, 1.165) is 25.7 Å². The Labute approximate surface area is 99.8 Å². The monoisotopic (exact) mass is 248 g/mol. The van der Waals surface area contributed by atoms with Gasteiger partial charge in [0, 0.05) is 12.3 Å². The fourth-order valence-electron chi connectivity index (χ4n) is 2.85. The maximum atomic E-state index is 12.8. The summed E-state index contributed by atoms with van der Waals surface area (Å²) in [5.41, 5.74) is 0. The average Bonchev–Trinajstić information content (AvgIpc) is 3.08. The Bertz CT molecular complexity index is 281. The molecule has 2 fully saturated rings. The van der Waals surface area contributed by atoms with Gasteiger partial charge in [-0.2, -0.15) is 13.2 Å². The number of hydrogen-bond acceptors (Lipinski definition) is 1. The van der Waals surface area contributed by atoms with Crippen LogP contribution in [-0.4, -0.2) is 12.0 Å². The summed E-state index contributed by atoms with van der Waals surface area (Å²) in [6.45, 7) is 0. The number of alkyl halides is 3. The van der Waals surface area contributed by atoms with Gasteiger partial charge < -0.3 is 0 Å². The lowest BCUT2D eigenvalue weighted by molar-refractivity contribution is -0.197. The third-order valence-electron chi connectivity index (χ3n) is 4.10. The Morgan fingerprint density at radius 1 is 1.06 bits per heavy atom. The van der Waals surface area contributed by atoms with E-state index < -0.39 is 18.0 Å². The highest BCUT2D eigenvalue weighted by Gasteiger charge is 2.47. The van der Waals surface area contributed by atoms with Gasteiger partial charge in [0.2, 0.25) is 0 Å². The highest BCUT2D eigenvalue weighted by Crippen LogP contribution is 2.43. The maximum Gasteiger partial charge on any atom is 0.392 e. The first-order valence-corrected chi connectivity index (χ1v) is 6.58. The SMILES string of the molecule is O=C(CCC1CC1)C1CCCCC1C(F)(F)F. The number of ketones is 1. The van der Waals surface area contributed by atoms with E-state index in [2.05, 4.69) is 0 Å². The molecule has 2 unspecified atom stereocenters. The Morgan fingerprint density at radius 2 is 1.71 bits per heavy atom. The van der Waals surface area contributed by atoms with Crippen LogP contribution >= 0.6 is 0 Å². The summed E-state index contributed by atoms with van der Waals surface area (Å²) in [6.07, 6.45) is 1.24. The predicted octanol–water partition coefficient (Wildman–Crippen LogP) is 4.11. The van der Waals surface area contributed by atoms with Gasteiger partial charge in [-0.15, -0.1) is 0 Å². The van der Waals surface area contributed by atoms with Gasteiger partial charge in [-0.1, -0.05) is 25.7 Å². The Balaban J connectivity index is 1.92. The number of hydrogen-bond donors (Lipinski definition) is 0. The predicted molar refractivity (Wildman–Crippen MR) is 58.5 cm³/mol. The molecule has 0 N–H and O–H groups in total. The molecule has 0 heterocycles. The molecular formula is C13H19F3O. The van der Waals surface area contributed by atoms with Crippen LogP contribution < -0.4 is 0 Å². The van der Waals surface area contributed by atoms with Crippen molar-refractivity contribution < 1.29 is 18.0 Å². The van der Waals surface area contributed by atoms with Crippen LogP contribution in [0.15, 0.2) is 0 Å². The number of carbonyl (C=O) groups excluding carboxylic acids is 1. The summed E-state index contributed by atoms with van der Waals surface area (Å²) in [5, 5.41) is 0. The van der Waals surface area contributed by atoms with E-state index in [4.69, 9.17) is 0 Å². The van der Waals surface area contributed by atoms with E-state index in [-0.39, 0.29) is 12.2 Å². The van der Waals surface area contributed by atoms with Crippen molar-refractivity contribution in [1.29, 1.82) is 0 Å². The lowest BCUT2D eigenvalue weighted by atomic mass is 9.75. The fraction of sp³-hybridized carbons (Fsp3) is 0.923. The molecule has 0 bridgehead atoms. The van der Waals surface area contributed by atoms with Gasteiger partial charge >= 0.3 is 6.18 Å². The first kappa shape index (κ1) is 12.9. The molecule has 2 aliphatic carbocycles. The average molecular weight is 248 g/mol. The maximum absolute atomic E-state index is 12.8. The van der Waals surface area contributed by atoms with Crippen LogP contribution in [0.4, 0.5) is 13.2 Å². The van der Waals surface area contributed by atoms with Gasteiger partial charge in [0.1, 0.15) is 5.78 Å². The van der Waals surface area contributed by atoms with Gasteiger partial charge in [-0.3, -0.25) is 4.79 Å². The smallest absolute Gasteiger partial charge is 0.299 e. The van der Waals surface area contributed by atoms with Crippen LogP contribution in [0.1, 0.15) is 51.4 Å². The minimum absolute atomic E-state index is 0.140.